The summed E-state index contributed by atoms with van der Waals surface area (Å²) in [7, 11) is 0. The van der Waals surface area contributed by atoms with E-state index < -0.39 is 5.97 Å². The zero-order valence-electron chi connectivity index (χ0n) is 12.4. The van der Waals surface area contributed by atoms with Gasteiger partial charge in [0.1, 0.15) is 5.69 Å². The summed E-state index contributed by atoms with van der Waals surface area (Å²) in [5.74, 6) is -1.07. The van der Waals surface area contributed by atoms with Gasteiger partial charge in [-0.15, -0.1) is 0 Å². The van der Waals surface area contributed by atoms with Crippen molar-refractivity contribution in [2.45, 2.75) is 6.92 Å². The molecule has 0 amide bonds. The number of aryl methyl sites for hydroxylation is 1. The Morgan fingerprint density at radius 3 is 2.65 bits per heavy atom. The van der Waals surface area contributed by atoms with Gasteiger partial charge in [0.25, 0.3) is 0 Å². The van der Waals surface area contributed by atoms with Gasteiger partial charge < -0.3 is 5.11 Å². The van der Waals surface area contributed by atoms with Crippen LogP contribution >= 0.6 is 0 Å². The lowest BCUT2D eigenvalue weighted by Crippen LogP contribution is -1.95. The van der Waals surface area contributed by atoms with Crippen LogP contribution in [-0.2, 0) is 0 Å². The normalized spacial score (nSPS) is 10.3. The Balaban J connectivity index is 2.06. The third-order valence-corrected chi connectivity index (χ3v) is 3.57. The first-order chi connectivity index (χ1) is 11.1. The Hall–Kier alpha value is -3.39. The monoisotopic (exact) mass is 303 g/mol. The topological polar surface area (TPSA) is 89.8 Å². The fraction of sp³-hybridized carbons (Fsp3) is 0.0556. The number of aromatic nitrogens is 2. The van der Waals surface area contributed by atoms with Crippen molar-refractivity contribution in [2.75, 3.05) is 0 Å². The number of rotatable bonds is 3. The number of nitrogens with zero attached hydrogens (tertiary/aromatic N) is 2. The van der Waals surface area contributed by atoms with E-state index in [0.29, 0.717) is 16.8 Å². The number of hydrogen-bond donors (Lipinski definition) is 2. The van der Waals surface area contributed by atoms with E-state index in [2.05, 4.69) is 16.3 Å². The lowest BCUT2D eigenvalue weighted by Gasteiger charge is -2.07. The minimum atomic E-state index is -1.07. The quantitative estimate of drug-likeness (QED) is 0.773. The summed E-state index contributed by atoms with van der Waals surface area (Å²) in [5.41, 5.74) is 4.66. The largest absolute Gasteiger partial charge is 0.477 e. The standard InChI is InChI=1S/C18H13N3O2/c1-11-3-2-4-12(7-11)15-6-5-13(8-14(15)10-19)16-9-17(18(22)23)21-20-16/h2-9H,1H3,(H,20,21)(H,22,23). The molecule has 0 spiro atoms. The molecule has 1 aromatic heterocycles. The molecular formula is C18H13N3O2. The van der Waals surface area contributed by atoms with Crippen molar-refractivity contribution in [3.05, 3.63) is 65.4 Å². The second kappa shape index (κ2) is 5.78. The Morgan fingerprint density at radius 1 is 1.17 bits per heavy atom. The molecular weight excluding hydrogens is 290 g/mol. The smallest absolute Gasteiger partial charge is 0.353 e. The van der Waals surface area contributed by atoms with E-state index in [1.807, 2.05) is 43.3 Å². The van der Waals surface area contributed by atoms with Crippen LogP contribution < -0.4 is 0 Å². The number of benzene rings is 2. The fourth-order valence-corrected chi connectivity index (χ4v) is 2.44. The summed E-state index contributed by atoms with van der Waals surface area (Å²) in [6.45, 7) is 2.00. The lowest BCUT2D eigenvalue weighted by atomic mass is 9.96. The molecule has 0 unspecified atom stereocenters. The highest BCUT2D eigenvalue weighted by Gasteiger charge is 2.12. The summed E-state index contributed by atoms with van der Waals surface area (Å²) < 4.78 is 0. The molecule has 0 saturated carbocycles. The van der Waals surface area contributed by atoms with Gasteiger partial charge in [-0.25, -0.2) is 4.79 Å². The number of H-pyrrole nitrogens is 1. The summed E-state index contributed by atoms with van der Waals surface area (Å²) in [5, 5.41) is 24.8. The van der Waals surface area contributed by atoms with Gasteiger partial charge in [0.2, 0.25) is 0 Å². The van der Waals surface area contributed by atoms with Crippen molar-refractivity contribution in [1.82, 2.24) is 10.2 Å². The number of aromatic carboxylic acids is 1. The molecule has 3 aromatic rings. The third-order valence-electron chi connectivity index (χ3n) is 3.57. The Kier molecular flexibility index (Phi) is 3.65. The second-order valence-electron chi connectivity index (χ2n) is 5.21. The number of carboxylic acids is 1. The molecule has 0 radical (unpaired) electrons. The van der Waals surface area contributed by atoms with Crippen molar-refractivity contribution in [3.63, 3.8) is 0 Å². The van der Waals surface area contributed by atoms with Crippen LogP contribution in [0.2, 0.25) is 0 Å². The molecule has 0 aliphatic carbocycles. The highest BCUT2D eigenvalue weighted by Crippen LogP contribution is 2.28. The van der Waals surface area contributed by atoms with Gasteiger partial charge in [-0.05, 0) is 30.2 Å². The van der Waals surface area contributed by atoms with Gasteiger partial charge in [0.05, 0.1) is 17.3 Å². The van der Waals surface area contributed by atoms with Crippen molar-refractivity contribution in [1.29, 1.82) is 5.26 Å². The number of aromatic amines is 1. The molecule has 0 atom stereocenters. The summed E-state index contributed by atoms with van der Waals surface area (Å²) in [6.07, 6.45) is 0. The van der Waals surface area contributed by atoms with Crippen LogP contribution in [0.3, 0.4) is 0 Å². The van der Waals surface area contributed by atoms with Crippen LogP contribution in [0.15, 0.2) is 48.5 Å². The van der Waals surface area contributed by atoms with Gasteiger partial charge in [-0.1, -0.05) is 42.0 Å². The first-order valence-electron chi connectivity index (χ1n) is 6.99. The number of nitriles is 1. The molecule has 0 aliphatic rings. The third kappa shape index (κ3) is 2.83. The fourth-order valence-electron chi connectivity index (χ4n) is 2.44. The zero-order valence-corrected chi connectivity index (χ0v) is 12.4. The second-order valence-corrected chi connectivity index (χ2v) is 5.21. The summed E-state index contributed by atoms with van der Waals surface area (Å²) >= 11 is 0. The van der Waals surface area contributed by atoms with Crippen LogP contribution in [0.25, 0.3) is 22.4 Å². The number of nitrogens with one attached hydrogen (secondary N) is 1. The number of carboxylic acid groups (broad SMARTS) is 1. The van der Waals surface area contributed by atoms with Gasteiger partial charge in [-0.3, -0.25) is 5.10 Å². The van der Waals surface area contributed by atoms with Crippen molar-refractivity contribution in [2.24, 2.45) is 0 Å². The van der Waals surface area contributed by atoms with E-state index in [0.717, 1.165) is 16.7 Å². The molecule has 0 aliphatic heterocycles. The molecule has 2 aromatic carbocycles. The molecule has 2 N–H and O–H groups in total. The van der Waals surface area contributed by atoms with Gasteiger partial charge in [0.15, 0.2) is 0 Å². The molecule has 5 nitrogen and oxygen atoms in total. The van der Waals surface area contributed by atoms with E-state index in [-0.39, 0.29) is 5.69 Å². The molecule has 0 fully saturated rings. The van der Waals surface area contributed by atoms with Gasteiger partial charge in [0, 0.05) is 5.56 Å². The van der Waals surface area contributed by atoms with Crippen molar-refractivity contribution >= 4 is 5.97 Å². The predicted octanol–water partition coefficient (Wildman–Crippen LogP) is 3.62. The molecule has 0 saturated heterocycles. The lowest BCUT2D eigenvalue weighted by molar-refractivity contribution is 0.0690. The minimum Gasteiger partial charge on any atom is -0.477 e. The molecule has 0 bridgehead atoms. The summed E-state index contributed by atoms with van der Waals surface area (Å²) in [6, 6.07) is 17.0. The number of hydrogen-bond acceptors (Lipinski definition) is 3. The van der Waals surface area contributed by atoms with Crippen LogP contribution in [0.4, 0.5) is 0 Å². The van der Waals surface area contributed by atoms with Gasteiger partial charge in [-0.2, -0.15) is 10.4 Å². The Bertz CT molecular complexity index is 935. The average Bonchev–Trinajstić information content (AvgIpc) is 3.04. The van der Waals surface area contributed by atoms with Gasteiger partial charge >= 0.3 is 5.97 Å². The van der Waals surface area contributed by atoms with E-state index in [4.69, 9.17) is 5.11 Å². The zero-order chi connectivity index (χ0) is 16.4. The first-order valence-corrected chi connectivity index (χ1v) is 6.99. The van der Waals surface area contributed by atoms with Crippen molar-refractivity contribution < 1.29 is 9.90 Å². The summed E-state index contributed by atoms with van der Waals surface area (Å²) in [4.78, 5) is 10.9. The first kappa shape index (κ1) is 14.5. The highest BCUT2D eigenvalue weighted by molar-refractivity contribution is 5.87. The van der Waals surface area contributed by atoms with Crippen LogP contribution in [0.1, 0.15) is 21.6 Å². The average molecular weight is 303 g/mol. The Morgan fingerprint density at radius 2 is 2.00 bits per heavy atom. The van der Waals surface area contributed by atoms with E-state index in [1.165, 1.54) is 6.07 Å². The van der Waals surface area contributed by atoms with Crippen molar-refractivity contribution in [3.8, 4) is 28.5 Å². The molecule has 1 heterocycles. The SMILES string of the molecule is Cc1cccc(-c2ccc(-c3cc(C(=O)O)[nH]n3)cc2C#N)c1. The van der Waals surface area contributed by atoms with Crippen LogP contribution in [-0.4, -0.2) is 21.3 Å². The van der Waals surface area contributed by atoms with Crippen LogP contribution in [0.5, 0.6) is 0 Å². The molecule has 5 heteroatoms. The number of carbonyl (C=O) groups is 1. The van der Waals surface area contributed by atoms with E-state index in [1.54, 1.807) is 6.07 Å². The molecule has 23 heavy (non-hydrogen) atoms. The predicted molar refractivity (Wildman–Crippen MR) is 85.9 cm³/mol. The van der Waals surface area contributed by atoms with E-state index >= 15 is 0 Å². The molecule has 3 rings (SSSR count). The minimum absolute atomic E-state index is 0.0151. The maximum atomic E-state index is 10.9. The highest BCUT2D eigenvalue weighted by atomic mass is 16.4. The molecule has 112 valence electrons. The maximum Gasteiger partial charge on any atom is 0.353 e. The van der Waals surface area contributed by atoms with E-state index in [9.17, 15) is 10.1 Å². The maximum absolute atomic E-state index is 10.9. The Labute approximate surface area is 132 Å². The van der Waals surface area contributed by atoms with Crippen LogP contribution in [0, 0.1) is 18.3 Å².